The quantitative estimate of drug-likeness (QED) is 0.429. The molecule has 152 valence electrons. The minimum Gasteiger partial charge on any atom is -0.497 e. The molecule has 0 amide bonds. The second-order valence-electron chi connectivity index (χ2n) is 7.08. The summed E-state index contributed by atoms with van der Waals surface area (Å²) in [5, 5.41) is 5.17. The Balaban J connectivity index is 1.64. The molecule has 1 unspecified atom stereocenters. The van der Waals surface area contributed by atoms with Crippen molar-refractivity contribution in [2.24, 2.45) is 0 Å². The van der Waals surface area contributed by atoms with Crippen molar-refractivity contribution in [3.05, 3.63) is 41.2 Å². The number of rotatable bonds is 7. The number of carbonyl (C=O) groups excluding carboxylic acids is 1. The molecule has 4 rings (SSSR count). The fourth-order valence-electron chi connectivity index (χ4n) is 3.61. The molecule has 3 aromatic rings. The number of carbonyl (C=O) groups is 1. The molecule has 1 aliphatic carbocycles. The van der Waals surface area contributed by atoms with Crippen LogP contribution in [0.1, 0.15) is 53.7 Å². The molecule has 0 fully saturated rings. The Hall–Kier alpha value is -2.61. The Morgan fingerprint density at radius 2 is 2.07 bits per heavy atom. The van der Waals surface area contributed by atoms with E-state index in [1.165, 1.54) is 0 Å². The summed E-state index contributed by atoms with van der Waals surface area (Å²) in [5.41, 5.74) is 2.40. The summed E-state index contributed by atoms with van der Waals surface area (Å²) in [5.74, 6) is 3.04. The van der Waals surface area contributed by atoms with Crippen molar-refractivity contribution >= 4 is 23.3 Å². The molecular formula is C21H24N4O3S. The Morgan fingerprint density at radius 1 is 1.21 bits per heavy atom. The molecule has 0 radical (unpaired) electrons. The molecule has 1 aliphatic rings. The standard InChI is InChI=1S/C21H24N4O3S/c1-4-5-8-29-21-23-20-22-17-9-13(10-18(26)16(17)12-25(20)24-21)15-7-6-14(27-2)11-19(15)28-3/h6-7,11-13H,4-5,8-10H2,1-3H3. The number of hydrogen-bond acceptors (Lipinski definition) is 7. The second kappa shape index (κ2) is 8.41. The van der Waals surface area contributed by atoms with E-state index in [9.17, 15) is 4.79 Å². The highest BCUT2D eigenvalue weighted by Gasteiger charge is 2.30. The molecule has 2 heterocycles. The van der Waals surface area contributed by atoms with E-state index in [1.807, 2.05) is 18.2 Å². The van der Waals surface area contributed by atoms with Gasteiger partial charge in [-0.15, -0.1) is 5.10 Å². The molecule has 1 atom stereocenters. The maximum atomic E-state index is 12.9. The van der Waals surface area contributed by atoms with E-state index >= 15 is 0 Å². The summed E-state index contributed by atoms with van der Waals surface area (Å²) in [6, 6.07) is 5.72. The number of methoxy groups -OCH3 is 2. The Morgan fingerprint density at radius 3 is 2.83 bits per heavy atom. The predicted octanol–water partition coefficient (Wildman–Crippen LogP) is 3.95. The highest BCUT2D eigenvalue weighted by atomic mass is 32.2. The van der Waals surface area contributed by atoms with Crippen LogP contribution in [0, 0.1) is 0 Å². The number of nitrogens with zero attached hydrogens (tertiary/aromatic N) is 4. The van der Waals surface area contributed by atoms with Crippen molar-refractivity contribution in [2.45, 2.75) is 43.7 Å². The van der Waals surface area contributed by atoms with Gasteiger partial charge in [0.05, 0.1) is 25.5 Å². The topological polar surface area (TPSA) is 78.6 Å². The molecule has 0 N–H and O–H groups in total. The van der Waals surface area contributed by atoms with E-state index in [0.717, 1.165) is 41.4 Å². The van der Waals surface area contributed by atoms with E-state index < -0.39 is 0 Å². The molecule has 0 bridgehead atoms. The number of unbranched alkanes of at least 4 members (excludes halogenated alkanes) is 1. The predicted molar refractivity (Wildman–Crippen MR) is 111 cm³/mol. The third kappa shape index (κ3) is 3.94. The summed E-state index contributed by atoms with van der Waals surface area (Å²) in [6.45, 7) is 2.16. The smallest absolute Gasteiger partial charge is 0.253 e. The normalized spacial score (nSPS) is 16.1. The van der Waals surface area contributed by atoms with Crippen LogP contribution in [0.15, 0.2) is 29.6 Å². The van der Waals surface area contributed by atoms with Crippen molar-refractivity contribution in [3.8, 4) is 11.5 Å². The van der Waals surface area contributed by atoms with Gasteiger partial charge in [-0.1, -0.05) is 31.2 Å². The number of fused-ring (bicyclic) bond motifs is 2. The van der Waals surface area contributed by atoms with Gasteiger partial charge in [-0.05, 0) is 24.5 Å². The number of thioether (sulfide) groups is 1. The molecule has 0 saturated carbocycles. The molecule has 0 saturated heterocycles. The van der Waals surface area contributed by atoms with Crippen molar-refractivity contribution in [2.75, 3.05) is 20.0 Å². The highest BCUT2D eigenvalue weighted by molar-refractivity contribution is 7.99. The van der Waals surface area contributed by atoms with Crippen LogP contribution in [0.3, 0.4) is 0 Å². The van der Waals surface area contributed by atoms with Gasteiger partial charge in [0.15, 0.2) is 5.78 Å². The van der Waals surface area contributed by atoms with Gasteiger partial charge in [-0.25, -0.2) is 9.50 Å². The van der Waals surface area contributed by atoms with Crippen LogP contribution in [0.2, 0.25) is 0 Å². The fraction of sp³-hybridized carbons (Fsp3) is 0.429. The maximum absolute atomic E-state index is 12.9. The van der Waals surface area contributed by atoms with Crippen LogP contribution < -0.4 is 9.47 Å². The van der Waals surface area contributed by atoms with Crippen molar-refractivity contribution in [3.63, 3.8) is 0 Å². The average Bonchev–Trinajstić information content (AvgIpc) is 3.13. The SMILES string of the molecule is CCCCSc1nc2nc3c(cn2n1)C(=O)CC(c1ccc(OC)cc1OC)C3. The minimum absolute atomic E-state index is 0.00660. The van der Waals surface area contributed by atoms with Gasteiger partial charge in [-0.3, -0.25) is 4.79 Å². The molecule has 0 aliphatic heterocycles. The molecule has 8 heteroatoms. The van der Waals surface area contributed by atoms with E-state index in [4.69, 9.17) is 9.47 Å². The van der Waals surface area contributed by atoms with Gasteiger partial charge < -0.3 is 9.47 Å². The van der Waals surface area contributed by atoms with Crippen molar-refractivity contribution in [1.82, 2.24) is 19.6 Å². The zero-order chi connectivity index (χ0) is 20.4. The number of ether oxygens (including phenoxy) is 2. The summed E-state index contributed by atoms with van der Waals surface area (Å²) in [7, 11) is 3.25. The molecule has 7 nitrogen and oxygen atoms in total. The van der Waals surface area contributed by atoms with Crippen LogP contribution in [0.25, 0.3) is 5.78 Å². The fourth-order valence-corrected chi connectivity index (χ4v) is 4.52. The minimum atomic E-state index is 0.00660. The Bertz CT molecular complexity index is 1050. The second-order valence-corrected chi connectivity index (χ2v) is 8.14. The van der Waals surface area contributed by atoms with Gasteiger partial charge in [0.25, 0.3) is 5.78 Å². The lowest BCUT2D eigenvalue weighted by molar-refractivity contribution is 0.0962. The Kier molecular flexibility index (Phi) is 5.71. The van der Waals surface area contributed by atoms with Gasteiger partial charge in [0.2, 0.25) is 5.16 Å². The third-order valence-corrected chi connectivity index (χ3v) is 6.10. The first-order valence-corrected chi connectivity index (χ1v) is 10.8. The number of benzene rings is 1. The van der Waals surface area contributed by atoms with Crippen LogP contribution in [0.4, 0.5) is 0 Å². The molecule has 0 spiro atoms. The molecule has 2 aromatic heterocycles. The summed E-state index contributed by atoms with van der Waals surface area (Å²) in [6.07, 6.45) is 5.10. The van der Waals surface area contributed by atoms with E-state index in [1.54, 1.807) is 36.7 Å². The van der Waals surface area contributed by atoms with Gasteiger partial charge in [-0.2, -0.15) is 4.98 Å². The number of ketones is 1. The number of aromatic nitrogens is 4. The zero-order valence-electron chi connectivity index (χ0n) is 16.8. The lowest BCUT2D eigenvalue weighted by atomic mass is 9.82. The van der Waals surface area contributed by atoms with Crippen LogP contribution in [-0.2, 0) is 6.42 Å². The summed E-state index contributed by atoms with van der Waals surface area (Å²) in [4.78, 5) is 22.1. The lowest BCUT2D eigenvalue weighted by Crippen LogP contribution is -2.21. The van der Waals surface area contributed by atoms with Crippen LogP contribution >= 0.6 is 11.8 Å². The van der Waals surface area contributed by atoms with E-state index in [-0.39, 0.29) is 11.7 Å². The van der Waals surface area contributed by atoms with E-state index in [0.29, 0.717) is 29.3 Å². The van der Waals surface area contributed by atoms with E-state index in [2.05, 4.69) is 22.0 Å². The first kappa shape index (κ1) is 19.7. The van der Waals surface area contributed by atoms with Crippen molar-refractivity contribution in [1.29, 1.82) is 0 Å². The number of Topliss-reactive ketones (excluding diaryl/α,β-unsaturated/α-hetero) is 1. The highest BCUT2D eigenvalue weighted by Crippen LogP contribution is 2.38. The maximum Gasteiger partial charge on any atom is 0.253 e. The largest absolute Gasteiger partial charge is 0.497 e. The van der Waals surface area contributed by atoms with Gasteiger partial charge in [0, 0.05) is 30.4 Å². The summed E-state index contributed by atoms with van der Waals surface area (Å²) >= 11 is 1.62. The average molecular weight is 413 g/mol. The van der Waals surface area contributed by atoms with Gasteiger partial charge in [0.1, 0.15) is 11.5 Å². The summed E-state index contributed by atoms with van der Waals surface area (Å²) < 4.78 is 12.5. The van der Waals surface area contributed by atoms with Crippen molar-refractivity contribution < 1.29 is 14.3 Å². The zero-order valence-corrected chi connectivity index (χ0v) is 17.7. The molecule has 29 heavy (non-hydrogen) atoms. The first-order chi connectivity index (χ1) is 14.1. The Labute approximate surface area is 173 Å². The monoisotopic (exact) mass is 412 g/mol. The lowest BCUT2D eigenvalue weighted by Gasteiger charge is -2.24. The van der Waals surface area contributed by atoms with Crippen LogP contribution in [0.5, 0.6) is 11.5 Å². The number of hydrogen-bond donors (Lipinski definition) is 0. The first-order valence-electron chi connectivity index (χ1n) is 9.77. The van der Waals surface area contributed by atoms with Crippen LogP contribution in [-0.4, -0.2) is 45.3 Å². The molecular weight excluding hydrogens is 388 g/mol. The third-order valence-electron chi connectivity index (χ3n) is 5.17. The van der Waals surface area contributed by atoms with Gasteiger partial charge >= 0.3 is 0 Å². The molecule has 1 aromatic carbocycles.